The van der Waals surface area contributed by atoms with E-state index in [1.807, 2.05) is 36.4 Å². The molecule has 0 radical (unpaired) electrons. The van der Waals surface area contributed by atoms with Crippen LogP contribution in [0.1, 0.15) is 29.5 Å². The van der Waals surface area contributed by atoms with E-state index in [9.17, 15) is 9.59 Å². The zero-order valence-corrected chi connectivity index (χ0v) is 18.9. The van der Waals surface area contributed by atoms with Gasteiger partial charge in [-0.15, -0.1) is 0 Å². The summed E-state index contributed by atoms with van der Waals surface area (Å²) in [6, 6.07) is 16.6. The number of allylic oxidation sites excluding steroid dienone is 2. The molecule has 1 aromatic heterocycles. The second-order valence-corrected chi connectivity index (χ2v) is 8.09. The number of aromatic nitrogens is 1. The monoisotopic (exact) mass is 470 g/mol. The Hall–Kier alpha value is -3.22. The number of methoxy groups -OCH3 is 1. The van der Waals surface area contributed by atoms with E-state index in [0.29, 0.717) is 34.1 Å². The van der Waals surface area contributed by atoms with Gasteiger partial charge >= 0.3 is 6.16 Å². The number of carbonyl (C=O) groups excluding carboxylic acids is 1. The summed E-state index contributed by atoms with van der Waals surface area (Å²) in [6.45, 7) is 2.14. The summed E-state index contributed by atoms with van der Waals surface area (Å²) < 4.78 is 11.8. The number of ether oxygens (including phenoxy) is 2. The second kappa shape index (κ2) is 9.10. The first-order chi connectivity index (χ1) is 15.4. The van der Waals surface area contributed by atoms with Crippen molar-refractivity contribution in [3.05, 3.63) is 109 Å². The minimum atomic E-state index is -0.895. The van der Waals surface area contributed by atoms with Crippen LogP contribution in [0.4, 0.5) is 10.5 Å². The second-order valence-electron chi connectivity index (χ2n) is 7.31. The molecule has 1 N–H and O–H groups in total. The molecule has 2 heterocycles. The van der Waals surface area contributed by atoms with Crippen LogP contribution < -0.4 is 10.9 Å². The summed E-state index contributed by atoms with van der Waals surface area (Å²) >= 11 is 12.8. The number of anilines is 1. The van der Waals surface area contributed by atoms with Gasteiger partial charge in [0.05, 0.1) is 40.9 Å². The first-order valence-electron chi connectivity index (χ1n) is 9.85. The van der Waals surface area contributed by atoms with E-state index in [0.717, 1.165) is 5.56 Å². The van der Waals surface area contributed by atoms with E-state index in [-0.39, 0.29) is 16.3 Å². The van der Waals surface area contributed by atoms with E-state index in [2.05, 4.69) is 5.32 Å². The fraction of sp³-hybridized carbons (Fsp3) is 0.167. The van der Waals surface area contributed by atoms with Crippen molar-refractivity contribution < 1.29 is 14.3 Å². The van der Waals surface area contributed by atoms with E-state index in [1.165, 1.54) is 7.11 Å². The van der Waals surface area contributed by atoms with E-state index < -0.39 is 12.1 Å². The van der Waals surface area contributed by atoms with Crippen LogP contribution in [0.2, 0.25) is 10.0 Å². The van der Waals surface area contributed by atoms with Gasteiger partial charge in [-0.1, -0.05) is 65.7 Å². The molecule has 0 aliphatic carbocycles. The molecule has 1 unspecified atom stereocenters. The lowest BCUT2D eigenvalue weighted by Crippen LogP contribution is -2.32. The Morgan fingerprint density at radius 2 is 1.84 bits per heavy atom. The zero-order chi connectivity index (χ0) is 22.8. The molecule has 1 aliphatic rings. The van der Waals surface area contributed by atoms with Crippen LogP contribution in [0.5, 0.6) is 0 Å². The van der Waals surface area contributed by atoms with Crippen LogP contribution in [-0.4, -0.2) is 17.8 Å². The summed E-state index contributed by atoms with van der Waals surface area (Å²) in [7, 11) is 1.22. The standard InChI is InChI=1S/C24H20Cl2N2O4/c1-14-22(32-24(30)31-2)19(16-9-6-10-17(25)21(16)26)20-18(27-14)11-12-28(23(20)29)13-15-7-4-3-5-8-15/h3-12,19,27H,13H2,1-2H3. The fourth-order valence-corrected chi connectivity index (χ4v) is 4.22. The molecule has 1 aliphatic heterocycles. The summed E-state index contributed by atoms with van der Waals surface area (Å²) in [5.74, 6) is -0.532. The van der Waals surface area contributed by atoms with Gasteiger partial charge in [0.25, 0.3) is 5.56 Å². The van der Waals surface area contributed by atoms with Crippen molar-refractivity contribution in [1.82, 2.24) is 4.57 Å². The number of nitrogens with zero attached hydrogens (tertiary/aromatic N) is 1. The highest BCUT2D eigenvalue weighted by Gasteiger charge is 2.35. The van der Waals surface area contributed by atoms with Crippen LogP contribution in [0.3, 0.4) is 0 Å². The highest BCUT2D eigenvalue weighted by Crippen LogP contribution is 2.44. The topological polar surface area (TPSA) is 69.6 Å². The molecule has 3 aromatic rings. The maximum atomic E-state index is 13.7. The smallest absolute Gasteiger partial charge is 0.437 e. The van der Waals surface area contributed by atoms with Gasteiger partial charge in [-0.3, -0.25) is 4.79 Å². The molecule has 1 atom stereocenters. The lowest BCUT2D eigenvalue weighted by Gasteiger charge is -2.30. The van der Waals surface area contributed by atoms with Crippen molar-refractivity contribution in [1.29, 1.82) is 0 Å². The lowest BCUT2D eigenvalue weighted by molar-refractivity contribution is 0.0929. The first kappa shape index (κ1) is 22.0. The summed E-state index contributed by atoms with van der Waals surface area (Å²) in [6.07, 6.45) is 0.838. The van der Waals surface area contributed by atoms with Crippen LogP contribution in [0.25, 0.3) is 0 Å². The largest absolute Gasteiger partial charge is 0.513 e. The van der Waals surface area contributed by atoms with Crippen molar-refractivity contribution in [3.8, 4) is 0 Å². The molecule has 2 aromatic carbocycles. The Labute approximate surface area is 195 Å². The molecule has 8 heteroatoms. The van der Waals surface area contributed by atoms with Gasteiger partial charge in [0.2, 0.25) is 0 Å². The molecule has 0 saturated carbocycles. The Kier molecular flexibility index (Phi) is 6.26. The summed E-state index contributed by atoms with van der Waals surface area (Å²) in [5, 5.41) is 3.78. The SMILES string of the molecule is COC(=O)OC1=C(C)Nc2ccn(Cc3ccccc3)c(=O)c2C1c1cccc(Cl)c1Cl. The highest BCUT2D eigenvalue weighted by molar-refractivity contribution is 6.42. The predicted molar refractivity (Wildman–Crippen MR) is 124 cm³/mol. The van der Waals surface area contributed by atoms with Gasteiger partial charge < -0.3 is 19.4 Å². The molecule has 6 nitrogen and oxygen atoms in total. The maximum absolute atomic E-state index is 13.7. The lowest BCUT2D eigenvalue weighted by atomic mass is 9.86. The molecule has 0 amide bonds. The van der Waals surface area contributed by atoms with Gasteiger partial charge in [0.15, 0.2) is 0 Å². The van der Waals surface area contributed by atoms with Gasteiger partial charge in [-0.25, -0.2) is 4.79 Å². The molecule has 0 spiro atoms. The van der Waals surface area contributed by atoms with E-state index in [1.54, 1.807) is 35.9 Å². The summed E-state index contributed by atoms with van der Waals surface area (Å²) in [4.78, 5) is 25.7. The van der Waals surface area contributed by atoms with Crippen molar-refractivity contribution in [3.63, 3.8) is 0 Å². The number of halogens is 2. The summed E-state index contributed by atoms with van der Waals surface area (Å²) in [5.41, 5.74) is 2.86. The van der Waals surface area contributed by atoms with Gasteiger partial charge in [0, 0.05) is 11.9 Å². The predicted octanol–water partition coefficient (Wildman–Crippen LogP) is 5.78. The normalized spacial score (nSPS) is 15.1. The van der Waals surface area contributed by atoms with E-state index >= 15 is 0 Å². The number of nitrogens with one attached hydrogen (secondary N) is 1. The number of hydrogen-bond donors (Lipinski definition) is 1. The quantitative estimate of drug-likeness (QED) is 0.489. The van der Waals surface area contributed by atoms with E-state index in [4.69, 9.17) is 32.7 Å². The molecular weight excluding hydrogens is 451 g/mol. The minimum Gasteiger partial charge on any atom is -0.437 e. The molecule has 164 valence electrons. The number of rotatable bonds is 4. The van der Waals surface area contributed by atoms with Crippen LogP contribution >= 0.6 is 23.2 Å². The molecular formula is C24H20Cl2N2O4. The van der Waals surface area contributed by atoms with Crippen molar-refractivity contribution in [2.24, 2.45) is 0 Å². The third kappa shape index (κ3) is 4.11. The Morgan fingerprint density at radius 1 is 1.09 bits per heavy atom. The van der Waals surface area contributed by atoms with Crippen molar-refractivity contribution in [2.75, 3.05) is 12.4 Å². The minimum absolute atomic E-state index is 0.225. The molecule has 4 rings (SSSR count). The first-order valence-corrected chi connectivity index (χ1v) is 10.6. The Balaban J connectivity index is 1.91. The number of benzene rings is 2. The molecule has 0 bridgehead atoms. The number of fused-ring (bicyclic) bond motifs is 1. The Morgan fingerprint density at radius 3 is 2.56 bits per heavy atom. The zero-order valence-electron chi connectivity index (χ0n) is 17.4. The van der Waals surface area contributed by atoms with Gasteiger partial charge in [-0.2, -0.15) is 0 Å². The maximum Gasteiger partial charge on any atom is 0.513 e. The molecule has 0 saturated heterocycles. The van der Waals surface area contributed by atoms with Gasteiger partial charge in [-0.05, 0) is 30.2 Å². The van der Waals surface area contributed by atoms with Crippen LogP contribution in [0.15, 0.2) is 77.0 Å². The van der Waals surface area contributed by atoms with Gasteiger partial charge in [0.1, 0.15) is 5.76 Å². The molecule has 0 fully saturated rings. The average molecular weight is 471 g/mol. The van der Waals surface area contributed by atoms with Crippen LogP contribution in [-0.2, 0) is 16.0 Å². The van der Waals surface area contributed by atoms with Crippen LogP contribution in [0, 0.1) is 0 Å². The van der Waals surface area contributed by atoms with Crippen molar-refractivity contribution in [2.45, 2.75) is 19.4 Å². The number of hydrogen-bond acceptors (Lipinski definition) is 5. The molecule has 32 heavy (non-hydrogen) atoms. The highest BCUT2D eigenvalue weighted by atomic mass is 35.5. The van der Waals surface area contributed by atoms with Crippen molar-refractivity contribution >= 4 is 35.0 Å². The fourth-order valence-electron chi connectivity index (χ4n) is 3.80. The average Bonchev–Trinajstić information content (AvgIpc) is 2.79. The number of carbonyl (C=O) groups is 1. The Bertz CT molecular complexity index is 1270. The number of pyridine rings is 1. The third-order valence-corrected chi connectivity index (χ3v) is 6.13. The third-order valence-electron chi connectivity index (χ3n) is 5.29.